The summed E-state index contributed by atoms with van der Waals surface area (Å²) in [5.41, 5.74) is 5.38. The van der Waals surface area contributed by atoms with Gasteiger partial charge in [0.15, 0.2) is 0 Å². The first-order valence-corrected chi connectivity index (χ1v) is 12.9. The Kier molecular flexibility index (Phi) is 7.58. The van der Waals surface area contributed by atoms with E-state index in [-0.39, 0.29) is 36.2 Å². The Balaban J connectivity index is 1.37. The third-order valence-electron chi connectivity index (χ3n) is 8.60. The molecule has 180 valence electrons. The van der Waals surface area contributed by atoms with Crippen LogP contribution in [-0.2, 0) is 9.59 Å². The quantitative estimate of drug-likeness (QED) is 0.521. The summed E-state index contributed by atoms with van der Waals surface area (Å²) in [7, 11) is 0. The molecule has 7 heteroatoms. The highest BCUT2D eigenvalue weighted by Crippen LogP contribution is 2.32. The molecule has 0 radical (unpaired) electrons. The lowest BCUT2D eigenvalue weighted by Crippen LogP contribution is -2.59. The minimum atomic E-state index is -0.0561. The molecule has 4 N–H and O–H groups in total. The number of rotatable bonds is 5. The fraction of sp³-hybridized carbons (Fsp3) is 0.840. The van der Waals surface area contributed by atoms with Gasteiger partial charge in [-0.05, 0) is 58.4 Å². The van der Waals surface area contributed by atoms with Crippen LogP contribution in [-0.4, -0.2) is 60.6 Å². The number of fused-ring (bicyclic) bond motifs is 1. The van der Waals surface area contributed by atoms with E-state index in [2.05, 4.69) is 47.2 Å². The van der Waals surface area contributed by atoms with Crippen LogP contribution in [0.3, 0.4) is 0 Å². The molecule has 3 aliphatic heterocycles. The second-order valence-electron chi connectivity index (χ2n) is 10.8. The van der Waals surface area contributed by atoms with Gasteiger partial charge in [-0.25, -0.2) is 5.01 Å². The van der Waals surface area contributed by atoms with Crippen LogP contribution in [0.1, 0.15) is 72.6 Å². The fourth-order valence-electron chi connectivity index (χ4n) is 6.59. The molecule has 4 aliphatic rings. The molecule has 0 aromatic heterocycles. The Bertz CT molecular complexity index is 732. The van der Waals surface area contributed by atoms with Crippen LogP contribution in [0, 0.1) is 17.8 Å². The van der Waals surface area contributed by atoms with Gasteiger partial charge in [-0.15, -0.1) is 0 Å². The third-order valence-corrected chi connectivity index (χ3v) is 8.60. The van der Waals surface area contributed by atoms with E-state index < -0.39 is 0 Å². The van der Waals surface area contributed by atoms with Crippen molar-refractivity contribution >= 4 is 11.8 Å². The number of hydrogen-bond donors (Lipinski definition) is 4. The highest BCUT2D eigenvalue weighted by molar-refractivity contribution is 6.00. The van der Waals surface area contributed by atoms with Gasteiger partial charge in [0.25, 0.3) is 0 Å². The zero-order valence-electron chi connectivity index (χ0n) is 20.4. The normalized spacial score (nSPS) is 35.8. The highest BCUT2D eigenvalue weighted by Gasteiger charge is 2.39. The van der Waals surface area contributed by atoms with Crippen molar-refractivity contribution in [3.05, 3.63) is 11.1 Å². The van der Waals surface area contributed by atoms with Crippen LogP contribution < -0.4 is 21.4 Å². The van der Waals surface area contributed by atoms with Crippen molar-refractivity contribution in [2.24, 2.45) is 17.8 Å². The molecular weight excluding hydrogens is 402 g/mol. The molecule has 1 saturated carbocycles. The third kappa shape index (κ3) is 5.05. The van der Waals surface area contributed by atoms with E-state index in [0.29, 0.717) is 29.5 Å². The number of carbonyl (C=O) groups excluding carboxylic acids is 2. The predicted octanol–water partition coefficient (Wildman–Crippen LogP) is 2.10. The van der Waals surface area contributed by atoms with Crippen molar-refractivity contribution in [2.45, 2.75) is 96.8 Å². The molecule has 5 unspecified atom stereocenters. The summed E-state index contributed by atoms with van der Waals surface area (Å²) in [5.74, 6) is 1.09. The van der Waals surface area contributed by atoms with Crippen LogP contribution in [0.15, 0.2) is 11.1 Å². The summed E-state index contributed by atoms with van der Waals surface area (Å²) in [6.07, 6.45) is 7.66. The lowest BCUT2D eigenvalue weighted by molar-refractivity contribution is -0.125. The molecule has 3 fully saturated rings. The fourth-order valence-corrected chi connectivity index (χ4v) is 6.59. The van der Waals surface area contributed by atoms with Crippen molar-refractivity contribution in [3.63, 3.8) is 0 Å². The topological polar surface area (TPSA) is 85.5 Å². The summed E-state index contributed by atoms with van der Waals surface area (Å²) in [5, 5.41) is 12.4. The van der Waals surface area contributed by atoms with E-state index in [9.17, 15) is 9.59 Å². The monoisotopic (exact) mass is 445 g/mol. The van der Waals surface area contributed by atoms with Gasteiger partial charge in [-0.2, -0.15) is 0 Å². The Morgan fingerprint density at radius 1 is 1.19 bits per heavy atom. The molecule has 0 aromatic rings. The van der Waals surface area contributed by atoms with Gasteiger partial charge in [0.2, 0.25) is 11.8 Å². The Hall–Kier alpha value is -1.44. The first-order chi connectivity index (χ1) is 15.3. The predicted molar refractivity (Wildman–Crippen MR) is 127 cm³/mol. The number of hydrogen-bond acceptors (Lipinski definition) is 5. The Morgan fingerprint density at radius 2 is 1.94 bits per heavy atom. The maximum absolute atomic E-state index is 13.0. The minimum Gasteiger partial charge on any atom is -0.353 e. The van der Waals surface area contributed by atoms with Crippen molar-refractivity contribution in [1.82, 2.24) is 26.4 Å². The van der Waals surface area contributed by atoms with Crippen molar-refractivity contribution in [3.8, 4) is 0 Å². The maximum atomic E-state index is 13.0. The van der Waals surface area contributed by atoms with Crippen LogP contribution in [0.2, 0.25) is 0 Å². The van der Waals surface area contributed by atoms with Gasteiger partial charge in [0.1, 0.15) is 0 Å². The van der Waals surface area contributed by atoms with Crippen LogP contribution >= 0.6 is 0 Å². The summed E-state index contributed by atoms with van der Waals surface area (Å²) in [4.78, 5) is 25.8. The van der Waals surface area contributed by atoms with E-state index in [1.54, 1.807) is 0 Å². The first kappa shape index (κ1) is 23.7. The summed E-state index contributed by atoms with van der Waals surface area (Å²) >= 11 is 0. The molecule has 2 amide bonds. The molecule has 2 saturated heterocycles. The second kappa shape index (κ2) is 10.2. The summed E-state index contributed by atoms with van der Waals surface area (Å²) in [6.45, 7) is 11.5. The number of nitrogens with one attached hydrogen (secondary N) is 4. The largest absolute Gasteiger partial charge is 0.353 e. The van der Waals surface area contributed by atoms with Crippen molar-refractivity contribution in [2.75, 3.05) is 19.6 Å². The molecule has 0 aromatic carbocycles. The molecule has 6 atom stereocenters. The molecule has 32 heavy (non-hydrogen) atoms. The average Bonchev–Trinajstić information content (AvgIpc) is 2.77. The van der Waals surface area contributed by atoms with E-state index in [1.807, 2.05) is 6.92 Å². The van der Waals surface area contributed by atoms with E-state index in [4.69, 9.17) is 0 Å². The van der Waals surface area contributed by atoms with Crippen molar-refractivity contribution < 1.29 is 9.59 Å². The van der Waals surface area contributed by atoms with E-state index in [0.717, 1.165) is 31.6 Å². The lowest BCUT2D eigenvalue weighted by atomic mass is 9.76. The van der Waals surface area contributed by atoms with Gasteiger partial charge in [-0.1, -0.05) is 31.8 Å². The van der Waals surface area contributed by atoms with Crippen LogP contribution in [0.5, 0.6) is 0 Å². The van der Waals surface area contributed by atoms with Gasteiger partial charge >= 0.3 is 0 Å². The maximum Gasteiger partial charge on any atom is 0.247 e. The number of piperidine rings is 1. The molecule has 7 nitrogen and oxygen atoms in total. The van der Waals surface area contributed by atoms with E-state index in [1.165, 1.54) is 32.1 Å². The Morgan fingerprint density at radius 3 is 2.69 bits per heavy atom. The van der Waals surface area contributed by atoms with Crippen LogP contribution in [0.25, 0.3) is 0 Å². The minimum absolute atomic E-state index is 0.0354. The molecule has 4 rings (SSSR count). The smallest absolute Gasteiger partial charge is 0.247 e. The number of hydrazine groups is 1. The SMILES string of the molecule is CC1=C(CC(=O)N[C@@H](C)C2CN(C3CCCCC3)NCC2C)C(=O)NC2CCNC(C)C12. The van der Waals surface area contributed by atoms with E-state index >= 15 is 0 Å². The summed E-state index contributed by atoms with van der Waals surface area (Å²) < 4.78 is 0. The van der Waals surface area contributed by atoms with Gasteiger partial charge in [0.05, 0.1) is 6.42 Å². The molecule has 0 spiro atoms. The zero-order valence-corrected chi connectivity index (χ0v) is 20.4. The first-order valence-electron chi connectivity index (χ1n) is 12.9. The molecule has 1 aliphatic carbocycles. The number of amides is 2. The second-order valence-corrected chi connectivity index (χ2v) is 10.8. The molecule has 0 bridgehead atoms. The van der Waals surface area contributed by atoms with Gasteiger partial charge in [-0.3, -0.25) is 15.0 Å². The molecular formula is C25H43N5O2. The van der Waals surface area contributed by atoms with Crippen molar-refractivity contribution in [1.29, 1.82) is 0 Å². The average molecular weight is 446 g/mol. The standard InChI is InChI=1S/C25H43N5O2/c1-15-13-27-30(19-8-6-5-7-9-19)14-21(15)17(3)28-23(31)12-20-16(2)24-18(4)26-11-10-22(24)29-25(20)32/h15,17-19,21-22,24,26-27H,5-14H2,1-4H3,(H,28,31)(H,29,32)/t15?,17-,18?,21?,22?,24?/m0/s1. The molecule has 3 heterocycles. The number of carbonyl (C=O) groups is 2. The van der Waals surface area contributed by atoms with Crippen LogP contribution in [0.4, 0.5) is 0 Å². The van der Waals surface area contributed by atoms with Gasteiger partial charge < -0.3 is 16.0 Å². The van der Waals surface area contributed by atoms with Gasteiger partial charge in [0, 0.05) is 48.7 Å². The zero-order chi connectivity index (χ0) is 22.8. The number of nitrogens with zero attached hydrogens (tertiary/aromatic N) is 1. The summed E-state index contributed by atoms with van der Waals surface area (Å²) in [6, 6.07) is 1.21. The highest BCUT2D eigenvalue weighted by atomic mass is 16.2. The Labute approximate surface area is 193 Å². The lowest BCUT2D eigenvalue weighted by Gasteiger charge is -2.45.